The van der Waals surface area contributed by atoms with Gasteiger partial charge in [0.1, 0.15) is 11.6 Å². The van der Waals surface area contributed by atoms with Gasteiger partial charge in [-0.2, -0.15) is 4.98 Å². The molecule has 0 unspecified atom stereocenters. The van der Waals surface area contributed by atoms with E-state index in [4.69, 9.17) is 4.52 Å². The number of carbonyl (C=O) groups is 1. The molecule has 4 nitrogen and oxygen atoms in total. The SMILES string of the molecule is CC(C)(C)C(=O)Cc1nc(Cc2cccc(F)c2)no1. The van der Waals surface area contributed by atoms with E-state index in [-0.39, 0.29) is 18.0 Å². The normalized spacial score (nSPS) is 11.6. The Labute approximate surface area is 117 Å². The summed E-state index contributed by atoms with van der Waals surface area (Å²) in [6.45, 7) is 5.54. The second kappa shape index (κ2) is 5.53. The van der Waals surface area contributed by atoms with Crippen LogP contribution in [0.4, 0.5) is 4.39 Å². The molecular formula is C15H17FN2O2. The smallest absolute Gasteiger partial charge is 0.234 e. The monoisotopic (exact) mass is 276 g/mol. The minimum absolute atomic E-state index is 0.0402. The van der Waals surface area contributed by atoms with Crippen LogP contribution in [-0.2, 0) is 17.6 Å². The third-order valence-corrected chi connectivity index (χ3v) is 2.91. The number of benzene rings is 1. The Bertz CT molecular complexity index is 614. The molecule has 1 heterocycles. The molecule has 106 valence electrons. The van der Waals surface area contributed by atoms with Gasteiger partial charge in [-0.3, -0.25) is 4.79 Å². The van der Waals surface area contributed by atoms with E-state index in [1.54, 1.807) is 12.1 Å². The number of rotatable bonds is 4. The molecule has 0 aliphatic heterocycles. The predicted molar refractivity (Wildman–Crippen MR) is 71.7 cm³/mol. The Kier molecular flexibility index (Phi) is 3.97. The lowest BCUT2D eigenvalue weighted by Crippen LogP contribution is -2.22. The number of hydrogen-bond acceptors (Lipinski definition) is 4. The summed E-state index contributed by atoms with van der Waals surface area (Å²) >= 11 is 0. The zero-order valence-electron chi connectivity index (χ0n) is 11.8. The zero-order chi connectivity index (χ0) is 14.8. The molecule has 0 aliphatic carbocycles. The maximum Gasteiger partial charge on any atom is 0.234 e. The molecule has 0 N–H and O–H groups in total. The highest BCUT2D eigenvalue weighted by Gasteiger charge is 2.23. The van der Waals surface area contributed by atoms with Crippen LogP contribution in [-0.4, -0.2) is 15.9 Å². The molecule has 0 radical (unpaired) electrons. The van der Waals surface area contributed by atoms with E-state index in [1.165, 1.54) is 12.1 Å². The van der Waals surface area contributed by atoms with Crippen molar-refractivity contribution in [3.8, 4) is 0 Å². The minimum atomic E-state index is -0.433. The molecule has 0 saturated carbocycles. The number of ketones is 1. The van der Waals surface area contributed by atoms with E-state index in [0.29, 0.717) is 18.1 Å². The lowest BCUT2D eigenvalue weighted by molar-refractivity contribution is -0.125. The Morgan fingerprint density at radius 2 is 2.10 bits per heavy atom. The van der Waals surface area contributed by atoms with Gasteiger partial charge < -0.3 is 4.52 Å². The van der Waals surface area contributed by atoms with Crippen LogP contribution in [0.3, 0.4) is 0 Å². The second-order valence-electron chi connectivity index (χ2n) is 5.76. The van der Waals surface area contributed by atoms with Crippen molar-refractivity contribution in [3.05, 3.63) is 47.4 Å². The van der Waals surface area contributed by atoms with Crippen LogP contribution >= 0.6 is 0 Å². The lowest BCUT2D eigenvalue weighted by Gasteiger charge is -2.14. The molecular weight excluding hydrogens is 259 g/mol. The van der Waals surface area contributed by atoms with Gasteiger partial charge in [0.25, 0.3) is 0 Å². The molecule has 0 fully saturated rings. The molecule has 0 saturated heterocycles. The van der Waals surface area contributed by atoms with Crippen LogP contribution in [0.25, 0.3) is 0 Å². The Balaban J connectivity index is 2.04. The van der Waals surface area contributed by atoms with Gasteiger partial charge in [-0.05, 0) is 17.7 Å². The first-order chi connectivity index (χ1) is 9.34. The number of carbonyl (C=O) groups excluding carboxylic acids is 1. The number of nitrogens with zero attached hydrogens (tertiary/aromatic N) is 2. The quantitative estimate of drug-likeness (QED) is 0.861. The zero-order valence-corrected chi connectivity index (χ0v) is 11.8. The van der Waals surface area contributed by atoms with Gasteiger partial charge >= 0.3 is 0 Å². The van der Waals surface area contributed by atoms with Crippen LogP contribution in [0.15, 0.2) is 28.8 Å². The third-order valence-electron chi connectivity index (χ3n) is 2.91. The fourth-order valence-corrected chi connectivity index (χ4v) is 1.67. The van der Waals surface area contributed by atoms with Crippen molar-refractivity contribution >= 4 is 5.78 Å². The van der Waals surface area contributed by atoms with Crippen molar-refractivity contribution in [2.24, 2.45) is 5.41 Å². The van der Waals surface area contributed by atoms with Gasteiger partial charge in [0.05, 0.1) is 6.42 Å². The van der Waals surface area contributed by atoms with Gasteiger partial charge in [0.15, 0.2) is 5.82 Å². The summed E-state index contributed by atoms with van der Waals surface area (Å²) in [6, 6.07) is 6.23. The molecule has 2 aromatic rings. The summed E-state index contributed by atoms with van der Waals surface area (Å²) in [4.78, 5) is 16.0. The lowest BCUT2D eigenvalue weighted by atomic mass is 9.89. The molecule has 20 heavy (non-hydrogen) atoms. The van der Waals surface area contributed by atoms with Crippen LogP contribution in [0, 0.1) is 11.2 Å². The second-order valence-corrected chi connectivity index (χ2v) is 5.76. The van der Waals surface area contributed by atoms with E-state index < -0.39 is 5.41 Å². The van der Waals surface area contributed by atoms with E-state index >= 15 is 0 Å². The molecule has 0 atom stereocenters. The number of halogens is 1. The third kappa shape index (κ3) is 3.73. The maximum atomic E-state index is 13.1. The fraction of sp³-hybridized carbons (Fsp3) is 0.400. The van der Waals surface area contributed by atoms with Crippen molar-refractivity contribution in [1.29, 1.82) is 0 Å². The van der Waals surface area contributed by atoms with Gasteiger partial charge in [-0.1, -0.05) is 38.1 Å². The predicted octanol–water partition coefficient (Wildman–Crippen LogP) is 2.96. The highest BCUT2D eigenvalue weighted by molar-refractivity contribution is 5.84. The number of hydrogen-bond donors (Lipinski definition) is 0. The number of Topliss-reactive ketones (excluding diaryl/α,β-unsaturated/α-hetero) is 1. The van der Waals surface area contributed by atoms with Crippen molar-refractivity contribution in [2.45, 2.75) is 33.6 Å². The maximum absolute atomic E-state index is 13.1. The Morgan fingerprint density at radius 1 is 1.35 bits per heavy atom. The van der Waals surface area contributed by atoms with Crippen molar-refractivity contribution in [3.63, 3.8) is 0 Å². The van der Waals surface area contributed by atoms with Crippen LogP contribution in [0.5, 0.6) is 0 Å². The summed E-state index contributed by atoms with van der Waals surface area (Å²) in [5, 5.41) is 3.82. The standard InChI is InChI=1S/C15H17FN2O2/c1-15(2,3)12(19)9-14-17-13(18-20-14)8-10-5-4-6-11(16)7-10/h4-7H,8-9H2,1-3H3. The van der Waals surface area contributed by atoms with E-state index in [0.717, 1.165) is 5.56 Å². The van der Waals surface area contributed by atoms with Gasteiger partial charge in [0, 0.05) is 11.8 Å². The van der Waals surface area contributed by atoms with Gasteiger partial charge in [0.2, 0.25) is 5.89 Å². The molecule has 0 bridgehead atoms. The van der Waals surface area contributed by atoms with Crippen molar-refractivity contribution < 1.29 is 13.7 Å². The molecule has 1 aromatic carbocycles. The summed E-state index contributed by atoms with van der Waals surface area (Å²) in [7, 11) is 0. The van der Waals surface area contributed by atoms with E-state index in [2.05, 4.69) is 10.1 Å². The summed E-state index contributed by atoms with van der Waals surface area (Å²) < 4.78 is 18.1. The highest BCUT2D eigenvalue weighted by Crippen LogP contribution is 2.17. The fourth-order valence-electron chi connectivity index (χ4n) is 1.67. The molecule has 0 aliphatic rings. The largest absolute Gasteiger partial charge is 0.339 e. The minimum Gasteiger partial charge on any atom is -0.339 e. The molecule has 5 heteroatoms. The average molecular weight is 276 g/mol. The molecule has 1 aromatic heterocycles. The highest BCUT2D eigenvalue weighted by atomic mass is 19.1. The first-order valence-electron chi connectivity index (χ1n) is 6.44. The topological polar surface area (TPSA) is 56.0 Å². The Hall–Kier alpha value is -2.04. The van der Waals surface area contributed by atoms with Crippen LogP contribution in [0.1, 0.15) is 38.0 Å². The number of aromatic nitrogens is 2. The van der Waals surface area contributed by atoms with Gasteiger partial charge in [-0.25, -0.2) is 4.39 Å². The van der Waals surface area contributed by atoms with E-state index in [9.17, 15) is 9.18 Å². The first kappa shape index (κ1) is 14.4. The van der Waals surface area contributed by atoms with Gasteiger partial charge in [-0.15, -0.1) is 0 Å². The summed E-state index contributed by atoms with van der Waals surface area (Å²) in [5.74, 6) is 0.497. The molecule has 2 rings (SSSR count). The first-order valence-corrected chi connectivity index (χ1v) is 6.44. The van der Waals surface area contributed by atoms with Crippen LogP contribution < -0.4 is 0 Å². The Morgan fingerprint density at radius 3 is 2.75 bits per heavy atom. The van der Waals surface area contributed by atoms with Crippen molar-refractivity contribution in [1.82, 2.24) is 10.1 Å². The summed E-state index contributed by atoms with van der Waals surface area (Å²) in [6.07, 6.45) is 0.505. The van der Waals surface area contributed by atoms with Crippen LogP contribution in [0.2, 0.25) is 0 Å². The molecule has 0 amide bonds. The van der Waals surface area contributed by atoms with E-state index in [1.807, 2.05) is 20.8 Å². The molecule has 0 spiro atoms. The average Bonchev–Trinajstić information content (AvgIpc) is 2.75. The van der Waals surface area contributed by atoms with Crippen molar-refractivity contribution in [2.75, 3.05) is 0 Å². The summed E-state index contributed by atoms with van der Waals surface area (Å²) in [5.41, 5.74) is 0.330.